The molecule has 0 radical (unpaired) electrons. The summed E-state index contributed by atoms with van der Waals surface area (Å²) in [4.78, 5) is 0. The molecular weight excluding hydrogens is 202 g/mol. The lowest BCUT2D eigenvalue weighted by Crippen LogP contribution is -2.25. The third-order valence-electron chi connectivity index (χ3n) is 3.18. The number of hydrogen-bond donors (Lipinski definition) is 2. The Labute approximate surface area is 96.4 Å². The Bertz CT molecular complexity index is 340. The molecule has 3 heteroatoms. The predicted octanol–water partition coefficient (Wildman–Crippen LogP) is 1.56. The summed E-state index contributed by atoms with van der Waals surface area (Å²) >= 11 is 0. The fraction of sp³-hybridized carbons (Fsp3) is 0.538. The standard InChI is InChI=1S/C13H19NO2/c1-16-9-12-7-10(8-14-12)6-11-4-2-3-5-13(11)15/h2-5,10,12,14-15H,6-9H2,1H3. The van der Waals surface area contributed by atoms with E-state index < -0.39 is 0 Å². The zero-order chi connectivity index (χ0) is 11.4. The van der Waals surface area contributed by atoms with E-state index in [1.165, 1.54) is 0 Å². The molecule has 1 aliphatic heterocycles. The molecule has 1 aliphatic rings. The SMILES string of the molecule is COCC1CC(Cc2ccccc2O)CN1. The molecule has 0 amide bonds. The van der Waals surface area contributed by atoms with Crippen molar-refractivity contribution in [3.05, 3.63) is 29.8 Å². The van der Waals surface area contributed by atoms with E-state index >= 15 is 0 Å². The molecule has 0 aliphatic carbocycles. The number of rotatable bonds is 4. The second-order valence-electron chi connectivity index (χ2n) is 4.50. The maximum atomic E-state index is 9.70. The fourth-order valence-corrected chi connectivity index (χ4v) is 2.38. The first-order valence-corrected chi connectivity index (χ1v) is 5.78. The maximum Gasteiger partial charge on any atom is 0.118 e. The number of methoxy groups -OCH3 is 1. The Morgan fingerprint density at radius 2 is 2.25 bits per heavy atom. The molecule has 2 rings (SSSR count). The largest absolute Gasteiger partial charge is 0.508 e. The summed E-state index contributed by atoms with van der Waals surface area (Å²) in [5.74, 6) is 1.02. The second-order valence-corrected chi connectivity index (χ2v) is 4.50. The zero-order valence-electron chi connectivity index (χ0n) is 9.65. The third kappa shape index (κ3) is 2.74. The number of hydrogen-bond acceptors (Lipinski definition) is 3. The first-order valence-electron chi connectivity index (χ1n) is 5.78. The zero-order valence-corrected chi connectivity index (χ0v) is 9.65. The van der Waals surface area contributed by atoms with Crippen molar-refractivity contribution in [2.75, 3.05) is 20.3 Å². The summed E-state index contributed by atoms with van der Waals surface area (Å²) in [6.07, 6.45) is 2.07. The smallest absolute Gasteiger partial charge is 0.118 e. The van der Waals surface area contributed by atoms with Crippen LogP contribution in [0, 0.1) is 5.92 Å². The quantitative estimate of drug-likeness (QED) is 0.810. The molecule has 2 atom stereocenters. The van der Waals surface area contributed by atoms with Crippen molar-refractivity contribution in [3.8, 4) is 5.75 Å². The number of nitrogens with one attached hydrogen (secondary N) is 1. The minimum absolute atomic E-state index is 0.415. The average molecular weight is 221 g/mol. The van der Waals surface area contributed by atoms with Crippen molar-refractivity contribution in [2.45, 2.75) is 18.9 Å². The Hall–Kier alpha value is -1.06. The molecule has 88 valence electrons. The average Bonchev–Trinajstić information content (AvgIpc) is 2.70. The van der Waals surface area contributed by atoms with Crippen molar-refractivity contribution >= 4 is 0 Å². The lowest BCUT2D eigenvalue weighted by molar-refractivity contribution is 0.172. The molecule has 0 spiro atoms. The van der Waals surface area contributed by atoms with Crippen molar-refractivity contribution in [3.63, 3.8) is 0 Å². The van der Waals surface area contributed by atoms with Crippen LogP contribution in [0.1, 0.15) is 12.0 Å². The molecule has 3 nitrogen and oxygen atoms in total. The molecule has 1 aromatic rings. The van der Waals surface area contributed by atoms with Gasteiger partial charge in [0.2, 0.25) is 0 Å². The van der Waals surface area contributed by atoms with Gasteiger partial charge in [0, 0.05) is 13.2 Å². The van der Waals surface area contributed by atoms with Crippen LogP contribution in [0.4, 0.5) is 0 Å². The molecule has 1 heterocycles. The third-order valence-corrected chi connectivity index (χ3v) is 3.18. The van der Waals surface area contributed by atoms with E-state index in [0.717, 1.165) is 31.6 Å². The van der Waals surface area contributed by atoms with E-state index in [0.29, 0.717) is 17.7 Å². The summed E-state index contributed by atoms with van der Waals surface area (Å²) < 4.78 is 5.14. The number of aromatic hydroxyl groups is 1. The van der Waals surface area contributed by atoms with Gasteiger partial charge in [0.15, 0.2) is 0 Å². The molecule has 1 fully saturated rings. The lowest BCUT2D eigenvalue weighted by atomic mass is 9.96. The summed E-state index contributed by atoms with van der Waals surface area (Å²) in [5, 5.41) is 13.1. The molecule has 0 aromatic heterocycles. The Morgan fingerprint density at radius 3 is 3.00 bits per heavy atom. The Kier molecular flexibility index (Phi) is 3.80. The first kappa shape index (κ1) is 11.4. The van der Waals surface area contributed by atoms with Crippen LogP contribution in [-0.2, 0) is 11.2 Å². The van der Waals surface area contributed by atoms with Gasteiger partial charge >= 0.3 is 0 Å². The van der Waals surface area contributed by atoms with E-state index in [-0.39, 0.29) is 0 Å². The molecule has 0 saturated carbocycles. The van der Waals surface area contributed by atoms with Gasteiger partial charge in [0.25, 0.3) is 0 Å². The van der Waals surface area contributed by atoms with E-state index in [2.05, 4.69) is 5.32 Å². The van der Waals surface area contributed by atoms with E-state index in [9.17, 15) is 5.11 Å². The highest BCUT2D eigenvalue weighted by Crippen LogP contribution is 2.24. The maximum absolute atomic E-state index is 9.70. The van der Waals surface area contributed by atoms with E-state index in [1.54, 1.807) is 13.2 Å². The molecule has 16 heavy (non-hydrogen) atoms. The van der Waals surface area contributed by atoms with Gasteiger partial charge in [-0.05, 0) is 36.9 Å². The highest BCUT2D eigenvalue weighted by molar-refractivity contribution is 5.32. The van der Waals surface area contributed by atoms with Gasteiger partial charge in [-0.2, -0.15) is 0 Å². The number of ether oxygens (including phenoxy) is 1. The van der Waals surface area contributed by atoms with Crippen LogP contribution in [0.5, 0.6) is 5.75 Å². The van der Waals surface area contributed by atoms with Crippen LogP contribution in [0.25, 0.3) is 0 Å². The van der Waals surface area contributed by atoms with Gasteiger partial charge in [-0.15, -0.1) is 0 Å². The van der Waals surface area contributed by atoms with Crippen LogP contribution in [0.3, 0.4) is 0 Å². The van der Waals surface area contributed by atoms with Crippen LogP contribution in [0.15, 0.2) is 24.3 Å². The summed E-state index contributed by atoms with van der Waals surface area (Å²) in [7, 11) is 1.73. The lowest BCUT2D eigenvalue weighted by Gasteiger charge is -2.10. The normalized spacial score (nSPS) is 24.8. The van der Waals surface area contributed by atoms with Crippen LogP contribution >= 0.6 is 0 Å². The molecular formula is C13H19NO2. The number of phenols is 1. The van der Waals surface area contributed by atoms with Gasteiger partial charge in [-0.1, -0.05) is 18.2 Å². The minimum Gasteiger partial charge on any atom is -0.508 e. The van der Waals surface area contributed by atoms with Gasteiger partial charge in [0.05, 0.1) is 6.61 Å². The van der Waals surface area contributed by atoms with E-state index in [4.69, 9.17) is 4.74 Å². The topological polar surface area (TPSA) is 41.5 Å². The van der Waals surface area contributed by atoms with Crippen LogP contribution in [-0.4, -0.2) is 31.4 Å². The van der Waals surface area contributed by atoms with Crippen molar-refractivity contribution in [2.24, 2.45) is 5.92 Å². The number of benzene rings is 1. The number of phenolic OH excluding ortho intramolecular Hbond substituents is 1. The van der Waals surface area contributed by atoms with Gasteiger partial charge in [0.1, 0.15) is 5.75 Å². The van der Waals surface area contributed by atoms with Gasteiger partial charge in [-0.3, -0.25) is 0 Å². The molecule has 1 aromatic carbocycles. The minimum atomic E-state index is 0.415. The second kappa shape index (κ2) is 5.32. The van der Waals surface area contributed by atoms with Crippen molar-refractivity contribution < 1.29 is 9.84 Å². The predicted molar refractivity (Wildman–Crippen MR) is 63.6 cm³/mol. The Morgan fingerprint density at radius 1 is 1.44 bits per heavy atom. The summed E-state index contributed by atoms with van der Waals surface area (Å²) in [5.41, 5.74) is 1.05. The van der Waals surface area contributed by atoms with Gasteiger partial charge in [-0.25, -0.2) is 0 Å². The Balaban J connectivity index is 1.90. The highest BCUT2D eigenvalue weighted by atomic mass is 16.5. The fourth-order valence-electron chi connectivity index (χ4n) is 2.38. The summed E-state index contributed by atoms with van der Waals surface area (Å²) in [6, 6.07) is 8.06. The highest BCUT2D eigenvalue weighted by Gasteiger charge is 2.24. The van der Waals surface area contributed by atoms with Crippen molar-refractivity contribution in [1.29, 1.82) is 0 Å². The molecule has 2 unspecified atom stereocenters. The van der Waals surface area contributed by atoms with E-state index in [1.807, 2.05) is 18.2 Å². The molecule has 2 N–H and O–H groups in total. The summed E-state index contributed by atoms with van der Waals surface area (Å²) in [6.45, 7) is 1.79. The monoisotopic (exact) mass is 221 g/mol. The molecule has 0 bridgehead atoms. The van der Waals surface area contributed by atoms with Gasteiger partial charge < -0.3 is 15.2 Å². The first-order chi connectivity index (χ1) is 7.79. The number of para-hydroxylation sites is 1. The van der Waals surface area contributed by atoms with Crippen LogP contribution in [0.2, 0.25) is 0 Å². The molecule has 1 saturated heterocycles. The van der Waals surface area contributed by atoms with Crippen LogP contribution < -0.4 is 5.32 Å². The van der Waals surface area contributed by atoms with Crippen molar-refractivity contribution in [1.82, 2.24) is 5.32 Å².